The third kappa shape index (κ3) is 6.71. The minimum absolute atomic E-state index is 0.0132. The van der Waals surface area contributed by atoms with Gasteiger partial charge < -0.3 is 28.7 Å². The molecule has 0 radical (unpaired) electrons. The van der Waals surface area contributed by atoms with Crippen LogP contribution in [0.4, 0.5) is 11.4 Å². The number of unbranched alkanes of at least 4 members (excludes halogenated alkanes) is 1. The fourth-order valence-electron chi connectivity index (χ4n) is 7.10. The van der Waals surface area contributed by atoms with Gasteiger partial charge in [0.25, 0.3) is 11.5 Å². The van der Waals surface area contributed by atoms with Gasteiger partial charge in [-0.2, -0.15) is 0 Å². The third-order valence-corrected chi connectivity index (χ3v) is 9.88. The molecule has 0 unspecified atom stereocenters. The van der Waals surface area contributed by atoms with Crippen molar-refractivity contribution in [2.45, 2.75) is 31.7 Å². The molecule has 3 aliphatic rings. The SMILES string of the molecule is COc1cc2c(cc1OCCCCOc1ccc(-n3c(-c4ccccc4)nc4ccc(N5CCOCC5)cc4c3=O)cc1)N=C[C@@H]1CCCN1C2=O. The molecular weight excluding hydrogens is 658 g/mol. The number of aromatic nitrogens is 2. The molecule has 0 spiro atoms. The molecular formula is C41H41N5O6. The first-order chi connectivity index (χ1) is 25.6. The van der Waals surface area contributed by atoms with E-state index in [9.17, 15) is 9.59 Å². The number of morpholine rings is 1. The molecule has 0 bridgehead atoms. The molecule has 5 aromatic rings. The van der Waals surface area contributed by atoms with E-state index in [1.165, 1.54) is 0 Å². The predicted molar refractivity (Wildman–Crippen MR) is 201 cm³/mol. The highest BCUT2D eigenvalue weighted by molar-refractivity contribution is 6.03. The topological polar surface area (TPSA) is 108 Å². The predicted octanol–water partition coefficient (Wildman–Crippen LogP) is 6.46. The molecule has 1 amide bonds. The van der Waals surface area contributed by atoms with Gasteiger partial charge >= 0.3 is 0 Å². The van der Waals surface area contributed by atoms with Gasteiger partial charge in [0.15, 0.2) is 11.5 Å². The Morgan fingerprint density at radius 2 is 1.60 bits per heavy atom. The van der Waals surface area contributed by atoms with E-state index in [1.54, 1.807) is 23.8 Å². The van der Waals surface area contributed by atoms with E-state index in [1.807, 2.05) is 83.9 Å². The van der Waals surface area contributed by atoms with E-state index in [0.29, 0.717) is 77.3 Å². The van der Waals surface area contributed by atoms with Crippen molar-refractivity contribution in [2.24, 2.45) is 4.99 Å². The molecule has 0 saturated carbocycles. The van der Waals surface area contributed by atoms with E-state index >= 15 is 0 Å². The van der Waals surface area contributed by atoms with Gasteiger partial charge in [-0.25, -0.2) is 4.98 Å². The van der Waals surface area contributed by atoms with E-state index in [0.717, 1.165) is 56.6 Å². The minimum atomic E-state index is -0.127. The first-order valence-electron chi connectivity index (χ1n) is 18.0. The molecule has 266 valence electrons. The van der Waals surface area contributed by atoms with Crippen molar-refractivity contribution in [3.05, 3.63) is 101 Å². The number of hydrogen-bond donors (Lipinski definition) is 0. The molecule has 1 atom stereocenters. The maximum atomic E-state index is 14.2. The Bertz CT molecular complexity index is 2160. The second kappa shape index (κ2) is 14.9. The highest BCUT2D eigenvalue weighted by Gasteiger charge is 2.32. The summed E-state index contributed by atoms with van der Waals surface area (Å²) in [7, 11) is 1.58. The van der Waals surface area contributed by atoms with Crippen LogP contribution in [-0.4, -0.2) is 85.8 Å². The van der Waals surface area contributed by atoms with Crippen LogP contribution in [0.1, 0.15) is 36.0 Å². The second-order valence-corrected chi connectivity index (χ2v) is 13.1. The van der Waals surface area contributed by atoms with Crippen LogP contribution in [0.15, 0.2) is 94.7 Å². The molecule has 11 heteroatoms. The number of methoxy groups -OCH3 is 1. The monoisotopic (exact) mass is 699 g/mol. The standard InChI is InChI=1S/C41H41N5O6/c1-49-37-25-34-36(42-27-31-10-7-17-45(31)40(34)47)26-38(37)52-21-6-5-20-51-32-14-11-29(12-15-32)46-39(28-8-3-2-4-9-28)43-35-16-13-30(24-33(35)41(46)48)44-18-22-50-23-19-44/h2-4,8-9,11-16,24-27,31H,5-7,10,17-23H2,1H3/t31-/m0/s1. The van der Waals surface area contributed by atoms with E-state index in [4.69, 9.17) is 23.9 Å². The number of carbonyl (C=O) groups is 1. The van der Waals surface area contributed by atoms with E-state index < -0.39 is 0 Å². The molecule has 52 heavy (non-hydrogen) atoms. The van der Waals surface area contributed by atoms with E-state index in [2.05, 4.69) is 9.89 Å². The summed E-state index contributed by atoms with van der Waals surface area (Å²) < 4.78 is 24.9. The lowest BCUT2D eigenvalue weighted by atomic mass is 10.1. The number of ether oxygens (including phenoxy) is 4. The molecule has 11 nitrogen and oxygen atoms in total. The Labute approximate surface area is 302 Å². The molecule has 0 N–H and O–H groups in total. The minimum Gasteiger partial charge on any atom is -0.494 e. The molecule has 1 aromatic heterocycles. The highest BCUT2D eigenvalue weighted by atomic mass is 16.5. The van der Waals surface area contributed by atoms with Crippen LogP contribution in [0.25, 0.3) is 28.0 Å². The summed E-state index contributed by atoms with van der Waals surface area (Å²) in [5, 5.41) is 0.566. The molecule has 4 heterocycles. The van der Waals surface area contributed by atoms with Gasteiger partial charge in [0.1, 0.15) is 11.6 Å². The Morgan fingerprint density at radius 1 is 0.827 bits per heavy atom. The largest absolute Gasteiger partial charge is 0.494 e. The highest BCUT2D eigenvalue weighted by Crippen LogP contribution is 2.38. The van der Waals surface area contributed by atoms with Crippen molar-refractivity contribution in [3.63, 3.8) is 0 Å². The molecule has 8 rings (SSSR count). The number of aliphatic imine (C=N–C) groups is 1. The Morgan fingerprint density at radius 3 is 2.38 bits per heavy atom. The second-order valence-electron chi connectivity index (χ2n) is 13.1. The quantitative estimate of drug-likeness (QED) is 0.145. The maximum Gasteiger partial charge on any atom is 0.266 e. The summed E-state index contributed by atoms with van der Waals surface area (Å²) in [6.07, 6.45) is 5.31. The van der Waals surface area contributed by atoms with Gasteiger partial charge in [-0.15, -0.1) is 0 Å². The van der Waals surface area contributed by atoms with Crippen molar-refractivity contribution >= 4 is 34.4 Å². The van der Waals surface area contributed by atoms with Gasteiger partial charge in [0.2, 0.25) is 0 Å². The zero-order valence-corrected chi connectivity index (χ0v) is 29.2. The Hall–Kier alpha value is -5.68. The molecule has 2 saturated heterocycles. The van der Waals surface area contributed by atoms with Gasteiger partial charge in [-0.1, -0.05) is 30.3 Å². The summed E-state index contributed by atoms with van der Waals surface area (Å²) in [4.78, 5) is 41.1. The first kappa shape index (κ1) is 33.5. The van der Waals surface area contributed by atoms with Crippen LogP contribution >= 0.6 is 0 Å². The lowest BCUT2D eigenvalue weighted by Crippen LogP contribution is -2.36. The van der Waals surface area contributed by atoms with Gasteiger partial charge in [0, 0.05) is 43.2 Å². The lowest BCUT2D eigenvalue weighted by molar-refractivity contribution is 0.0774. The van der Waals surface area contributed by atoms with Crippen molar-refractivity contribution in [1.29, 1.82) is 0 Å². The van der Waals surface area contributed by atoms with Gasteiger partial charge in [0.05, 0.1) is 67.4 Å². The van der Waals surface area contributed by atoms with Crippen LogP contribution < -0.4 is 24.7 Å². The fourth-order valence-corrected chi connectivity index (χ4v) is 7.10. The Balaban J connectivity index is 0.931. The van der Waals surface area contributed by atoms with E-state index in [-0.39, 0.29) is 17.5 Å². The van der Waals surface area contributed by atoms with Crippen LogP contribution in [0.5, 0.6) is 17.2 Å². The Kier molecular flexibility index (Phi) is 9.58. The van der Waals surface area contributed by atoms with Crippen LogP contribution in [0, 0.1) is 0 Å². The molecule has 4 aromatic carbocycles. The summed E-state index contributed by atoms with van der Waals surface area (Å²) in [5.41, 5.74) is 4.23. The van der Waals surface area contributed by atoms with Crippen LogP contribution in [-0.2, 0) is 4.74 Å². The normalized spacial score (nSPS) is 16.8. The lowest BCUT2D eigenvalue weighted by Gasteiger charge is -2.29. The number of carbonyl (C=O) groups excluding carboxylic acids is 1. The smallest absolute Gasteiger partial charge is 0.266 e. The van der Waals surface area contributed by atoms with Crippen molar-refractivity contribution in [3.8, 4) is 34.3 Å². The zero-order chi connectivity index (χ0) is 35.4. The number of nitrogens with zero attached hydrogens (tertiary/aromatic N) is 5. The molecule has 0 aliphatic carbocycles. The van der Waals surface area contributed by atoms with Gasteiger partial charge in [-0.05, 0) is 74.2 Å². The van der Waals surface area contributed by atoms with Crippen molar-refractivity contribution in [1.82, 2.24) is 14.5 Å². The number of hydrogen-bond acceptors (Lipinski definition) is 9. The number of anilines is 1. The average molecular weight is 700 g/mol. The molecule has 2 fully saturated rings. The summed E-state index contributed by atoms with van der Waals surface area (Å²) in [5.74, 6) is 2.36. The maximum absolute atomic E-state index is 14.2. The summed E-state index contributed by atoms with van der Waals surface area (Å²) in [6.45, 7) is 4.60. The number of rotatable bonds is 11. The van der Waals surface area contributed by atoms with Crippen molar-refractivity contribution in [2.75, 3.05) is 58.1 Å². The van der Waals surface area contributed by atoms with Crippen molar-refractivity contribution < 1.29 is 23.7 Å². The van der Waals surface area contributed by atoms with Crippen LogP contribution in [0.3, 0.4) is 0 Å². The molecule has 3 aliphatic heterocycles. The van der Waals surface area contributed by atoms with Crippen LogP contribution in [0.2, 0.25) is 0 Å². The number of amides is 1. The summed E-state index contributed by atoms with van der Waals surface area (Å²) in [6, 6.07) is 26.8. The first-order valence-corrected chi connectivity index (χ1v) is 18.0. The average Bonchev–Trinajstić information content (AvgIpc) is 3.63. The van der Waals surface area contributed by atoms with Gasteiger partial charge in [-0.3, -0.25) is 19.1 Å². The summed E-state index contributed by atoms with van der Waals surface area (Å²) >= 11 is 0. The number of fused-ring (bicyclic) bond motifs is 3. The third-order valence-electron chi connectivity index (χ3n) is 9.88. The fraction of sp³-hybridized carbons (Fsp3) is 0.317. The zero-order valence-electron chi connectivity index (χ0n) is 29.2. The number of benzene rings is 4.